The first-order valence-corrected chi connectivity index (χ1v) is 6.78. The van der Waals surface area contributed by atoms with Crippen LogP contribution >= 0.6 is 0 Å². The third-order valence-electron chi connectivity index (χ3n) is 3.95. The summed E-state index contributed by atoms with van der Waals surface area (Å²) in [5.41, 5.74) is 0. The summed E-state index contributed by atoms with van der Waals surface area (Å²) >= 11 is 0. The first-order valence-electron chi connectivity index (χ1n) is 6.78. The number of amides is 1. The van der Waals surface area contributed by atoms with Gasteiger partial charge in [0.2, 0.25) is 5.91 Å². The van der Waals surface area contributed by atoms with E-state index in [9.17, 15) is 4.79 Å². The van der Waals surface area contributed by atoms with Crippen LogP contribution in [0.1, 0.15) is 45.4 Å². The fourth-order valence-electron chi connectivity index (χ4n) is 2.60. The van der Waals surface area contributed by atoms with Gasteiger partial charge in [-0.2, -0.15) is 0 Å². The van der Waals surface area contributed by atoms with E-state index >= 15 is 0 Å². The maximum atomic E-state index is 11.4. The van der Waals surface area contributed by atoms with Crippen molar-refractivity contribution in [1.29, 1.82) is 0 Å². The molecule has 1 unspecified atom stereocenters. The van der Waals surface area contributed by atoms with E-state index in [0.29, 0.717) is 12.0 Å². The molecule has 0 saturated heterocycles. The van der Waals surface area contributed by atoms with Crippen molar-refractivity contribution in [2.45, 2.75) is 51.5 Å². The molecule has 0 radical (unpaired) electrons. The molecule has 0 aromatic heterocycles. The SMILES string of the molecule is CC(NCCNC(=O)C1CC1)C1CCCC1. The van der Waals surface area contributed by atoms with Gasteiger partial charge in [0.15, 0.2) is 0 Å². The van der Waals surface area contributed by atoms with Crippen LogP contribution in [0, 0.1) is 11.8 Å². The van der Waals surface area contributed by atoms with Crippen molar-refractivity contribution in [3.63, 3.8) is 0 Å². The predicted octanol–water partition coefficient (Wildman–Crippen LogP) is 1.68. The van der Waals surface area contributed by atoms with Gasteiger partial charge in [-0.25, -0.2) is 0 Å². The van der Waals surface area contributed by atoms with Crippen LogP contribution in [0.5, 0.6) is 0 Å². The van der Waals surface area contributed by atoms with Crippen LogP contribution < -0.4 is 10.6 Å². The molecular weight excluding hydrogens is 200 g/mol. The van der Waals surface area contributed by atoms with Gasteiger partial charge in [-0.3, -0.25) is 4.79 Å². The smallest absolute Gasteiger partial charge is 0.223 e. The topological polar surface area (TPSA) is 41.1 Å². The number of hydrogen-bond acceptors (Lipinski definition) is 2. The molecule has 0 aromatic carbocycles. The minimum Gasteiger partial charge on any atom is -0.355 e. The van der Waals surface area contributed by atoms with Crippen molar-refractivity contribution in [2.24, 2.45) is 11.8 Å². The van der Waals surface area contributed by atoms with Gasteiger partial charge in [-0.1, -0.05) is 12.8 Å². The van der Waals surface area contributed by atoms with E-state index in [1.807, 2.05) is 0 Å². The maximum absolute atomic E-state index is 11.4. The fourth-order valence-corrected chi connectivity index (χ4v) is 2.60. The third-order valence-corrected chi connectivity index (χ3v) is 3.95. The van der Waals surface area contributed by atoms with Crippen LogP contribution in [0.4, 0.5) is 0 Å². The monoisotopic (exact) mass is 224 g/mol. The molecule has 3 nitrogen and oxygen atoms in total. The Balaban J connectivity index is 1.51. The summed E-state index contributed by atoms with van der Waals surface area (Å²) in [6.45, 7) is 3.97. The Morgan fingerprint density at radius 3 is 2.50 bits per heavy atom. The Kier molecular flexibility index (Phi) is 4.22. The highest BCUT2D eigenvalue weighted by atomic mass is 16.2. The first-order chi connectivity index (χ1) is 7.77. The van der Waals surface area contributed by atoms with Crippen LogP contribution in [-0.2, 0) is 4.79 Å². The van der Waals surface area contributed by atoms with Crippen molar-refractivity contribution in [2.75, 3.05) is 13.1 Å². The van der Waals surface area contributed by atoms with Crippen LogP contribution in [0.15, 0.2) is 0 Å². The highest BCUT2D eigenvalue weighted by Gasteiger charge is 2.29. The van der Waals surface area contributed by atoms with Crippen LogP contribution in [-0.4, -0.2) is 25.0 Å². The van der Waals surface area contributed by atoms with Gasteiger partial charge in [0, 0.05) is 25.0 Å². The van der Waals surface area contributed by atoms with Gasteiger partial charge in [0.25, 0.3) is 0 Å². The van der Waals surface area contributed by atoms with E-state index < -0.39 is 0 Å². The molecule has 0 heterocycles. The van der Waals surface area contributed by atoms with Gasteiger partial charge in [0.1, 0.15) is 0 Å². The zero-order chi connectivity index (χ0) is 11.4. The van der Waals surface area contributed by atoms with E-state index in [1.165, 1.54) is 25.7 Å². The molecule has 3 heteroatoms. The van der Waals surface area contributed by atoms with E-state index in [2.05, 4.69) is 17.6 Å². The Morgan fingerprint density at radius 1 is 1.19 bits per heavy atom. The highest BCUT2D eigenvalue weighted by Crippen LogP contribution is 2.28. The summed E-state index contributed by atoms with van der Waals surface area (Å²) < 4.78 is 0. The summed E-state index contributed by atoms with van der Waals surface area (Å²) in [7, 11) is 0. The molecule has 2 saturated carbocycles. The largest absolute Gasteiger partial charge is 0.355 e. The number of carbonyl (C=O) groups excluding carboxylic acids is 1. The molecule has 1 amide bonds. The zero-order valence-electron chi connectivity index (χ0n) is 10.3. The molecule has 0 bridgehead atoms. The Hall–Kier alpha value is -0.570. The second-order valence-electron chi connectivity index (χ2n) is 5.35. The van der Waals surface area contributed by atoms with Gasteiger partial charge in [-0.15, -0.1) is 0 Å². The molecule has 92 valence electrons. The zero-order valence-corrected chi connectivity index (χ0v) is 10.3. The molecule has 1 atom stereocenters. The van der Waals surface area contributed by atoms with E-state index in [4.69, 9.17) is 0 Å². The minimum atomic E-state index is 0.260. The molecular formula is C13H24N2O. The molecule has 2 N–H and O–H groups in total. The van der Waals surface area contributed by atoms with Crippen molar-refractivity contribution >= 4 is 5.91 Å². The Labute approximate surface area is 98.4 Å². The summed E-state index contributed by atoms with van der Waals surface area (Å²) in [4.78, 5) is 11.4. The Morgan fingerprint density at radius 2 is 1.88 bits per heavy atom. The lowest BCUT2D eigenvalue weighted by Gasteiger charge is -2.20. The minimum absolute atomic E-state index is 0.260. The lowest BCUT2D eigenvalue weighted by atomic mass is 10.00. The normalized spacial score (nSPS) is 23.3. The number of hydrogen-bond donors (Lipinski definition) is 2. The van der Waals surface area contributed by atoms with Crippen molar-refractivity contribution in [1.82, 2.24) is 10.6 Å². The molecule has 0 aromatic rings. The van der Waals surface area contributed by atoms with Gasteiger partial charge < -0.3 is 10.6 Å². The second kappa shape index (κ2) is 5.67. The Bertz CT molecular complexity index is 232. The number of carbonyl (C=O) groups is 1. The van der Waals surface area contributed by atoms with Crippen LogP contribution in [0.3, 0.4) is 0 Å². The quantitative estimate of drug-likeness (QED) is 0.674. The molecule has 2 aliphatic rings. The molecule has 2 fully saturated rings. The van der Waals surface area contributed by atoms with Crippen LogP contribution in [0.25, 0.3) is 0 Å². The lowest BCUT2D eigenvalue weighted by molar-refractivity contribution is -0.122. The van der Waals surface area contributed by atoms with Crippen molar-refractivity contribution in [3.8, 4) is 0 Å². The van der Waals surface area contributed by atoms with E-state index in [1.54, 1.807) is 0 Å². The predicted molar refractivity (Wildman–Crippen MR) is 65.2 cm³/mol. The van der Waals surface area contributed by atoms with Crippen molar-refractivity contribution < 1.29 is 4.79 Å². The molecule has 0 spiro atoms. The summed E-state index contributed by atoms with van der Waals surface area (Å²) in [6.07, 6.45) is 7.74. The molecule has 0 aliphatic heterocycles. The molecule has 2 rings (SSSR count). The van der Waals surface area contributed by atoms with E-state index in [-0.39, 0.29) is 5.91 Å². The van der Waals surface area contributed by atoms with Gasteiger partial charge in [-0.05, 0) is 38.5 Å². The van der Waals surface area contributed by atoms with E-state index in [0.717, 1.165) is 31.8 Å². The highest BCUT2D eigenvalue weighted by molar-refractivity contribution is 5.80. The summed E-state index contributed by atoms with van der Waals surface area (Å²) in [5.74, 6) is 1.46. The van der Waals surface area contributed by atoms with Crippen molar-refractivity contribution in [3.05, 3.63) is 0 Å². The second-order valence-corrected chi connectivity index (χ2v) is 5.35. The average molecular weight is 224 g/mol. The third kappa shape index (κ3) is 3.48. The number of rotatable bonds is 6. The number of nitrogens with one attached hydrogen (secondary N) is 2. The maximum Gasteiger partial charge on any atom is 0.223 e. The fraction of sp³-hybridized carbons (Fsp3) is 0.923. The van der Waals surface area contributed by atoms with Gasteiger partial charge in [0.05, 0.1) is 0 Å². The average Bonchev–Trinajstić information content (AvgIpc) is 2.99. The summed E-state index contributed by atoms with van der Waals surface area (Å²) in [6, 6.07) is 0.611. The van der Waals surface area contributed by atoms with Gasteiger partial charge >= 0.3 is 0 Å². The standard InChI is InChI=1S/C13H24N2O/c1-10(11-4-2-3-5-11)14-8-9-15-13(16)12-6-7-12/h10-12,14H,2-9H2,1H3,(H,15,16). The first kappa shape index (κ1) is 11.9. The summed E-state index contributed by atoms with van der Waals surface area (Å²) in [5, 5.41) is 6.51. The lowest BCUT2D eigenvalue weighted by Crippen LogP contribution is -2.39. The molecule has 16 heavy (non-hydrogen) atoms. The molecule has 2 aliphatic carbocycles. The van der Waals surface area contributed by atoms with Crippen LogP contribution in [0.2, 0.25) is 0 Å².